The highest BCUT2D eigenvalue weighted by molar-refractivity contribution is 7.89. The second-order valence-corrected chi connectivity index (χ2v) is 9.38. The first-order valence-electron chi connectivity index (χ1n) is 9.07. The number of piperazine rings is 1. The van der Waals surface area contributed by atoms with Gasteiger partial charge in [-0.3, -0.25) is 4.79 Å². The molecule has 0 bridgehead atoms. The van der Waals surface area contributed by atoms with Gasteiger partial charge in [0.05, 0.1) is 17.7 Å². The van der Waals surface area contributed by atoms with Crippen LogP contribution in [0.4, 0.5) is 0 Å². The maximum absolute atomic E-state index is 13.3. The Labute approximate surface area is 189 Å². The van der Waals surface area contributed by atoms with Crippen molar-refractivity contribution in [2.24, 2.45) is 0 Å². The first-order chi connectivity index (χ1) is 14.7. The van der Waals surface area contributed by atoms with Crippen molar-refractivity contribution in [1.82, 2.24) is 9.21 Å². The number of ether oxygens (including phenoxy) is 1. The van der Waals surface area contributed by atoms with Gasteiger partial charge in [0, 0.05) is 36.2 Å². The largest absolute Gasteiger partial charge is 0.456 e. The van der Waals surface area contributed by atoms with Crippen molar-refractivity contribution in [3.05, 3.63) is 52.0 Å². The Balaban J connectivity index is 1.91. The van der Waals surface area contributed by atoms with E-state index in [2.05, 4.69) is 0 Å². The summed E-state index contributed by atoms with van der Waals surface area (Å²) in [6.45, 7) is 0.437. The molecular formula is C20H16Cl2N4O4S. The normalized spacial score (nSPS) is 14.5. The highest BCUT2D eigenvalue weighted by atomic mass is 35.5. The Hall–Kier alpha value is -2.82. The van der Waals surface area contributed by atoms with E-state index in [1.807, 2.05) is 6.07 Å². The molecule has 31 heavy (non-hydrogen) atoms. The fraction of sp³-hybridized carbons (Fsp3) is 0.250. The van der Waals surface area contributed by atoms with Crippen LogP contribution in [0.5, 0.6) is 11.5 Å². The van der Waals surface area contributed by atoms with Gasteiger partial charge in [0.1, 0.15) is 22.8 Å². The Morgan fingerprint density at radius 1 is 1.03 bits per heavy atom. The van der Waals surface area contributed by atoms with Gasteiger partial charge in [-0.25, -0.2) is 8.42 Å². The quantitative estimate of drug-likeness (QED) is 0.650. The van der Waals surface area contributed by atoms with Crippen LogP contribution >= 0.6 is 23.2 Å². The van der Waals surface area contributed by atoms with E-state index < -0.39 is 10.0 Å². The monoisotopic (exact) mass is 478 g/mol. The second kappa shape index (κ2) is 9.54. The number of nitrogens with zero attached hydrogens (tertiary/aromatic N) is 4. The summed E-state index contributed by atoms with van der Waals surface area (Å²) < 4.78 is 33.6. The maximum Gasteiger partial charge on any atom is 0.246 e. The molecule has 160 valence electrons. The number of rotatable bonds is 5. The predicted molar refractivity (Wildman–Crippen MR) is 113 cm³/mol. The SMILES string of the molecule is N#CCC(=O)N1CCN(S(=O)(=O)c2cc(C#N)ccc2Oc2cc(Cl)cc(Cl)c2)CC1. The first kappa shape index (κ1) is 22.9. The van der Waals surface area contributed by atoms with Gasteiger partial charge in [0.25, 0.3) is 0 Å². The number of hydrogen-bond acceptors (Lipinski definition) is 6. The molecule has 0 spiro atoms. The van der Waals surface area contributed by atoms with Crippen LogP contribution in [0, 0.1) is 22.7 Å². The summed E-state index contributed by atoms with van der Waals surface area (Å²) in [5, 5.41) is 18.5. The van der Waals surface area contributed by atoms with E-state index in [1.165, 1.54) is 45.6 Å². The molecule has 1 heterocycles. The Morgan fingerprint density at radius 2 is 1.68 bits per heavy atom. The summed E-state index contributed by atoms with van der Waals surface area (Å²) in [4.78, 5) is 13.1. The Kier molecular flexibility index (Phi) is 7.04. The summed E-state index contributed by atoms with van der Waals surface area (Å²) in [5.74, 6) is -0.0845. The summed E-state index contributed by atoms with van der Waals surface area (Å²) >= 11 is 12.0. The van der Waals surface area contributed by atoms with Crippen LogP contribution in [0.3, 0.4) is 0 Å². The highest BCUT2D eigenvalue weighted by Gasteiger charge is 2.32. The zero-order valence-electron chi connectivity index (χ0n) is 16.1. The van der Waals surface area contributed by atoms with E-state index in [0.717, 1.165) is 0 Å². The van der Waals surface area contributed by atoms with Gasteiger partial charge in [0.2, 0.25) is 15.9 Å². The van der Waals surface area contributed by atoms with E-state index in [-0.39, 0.29) is 60.5 Å². The van der Waals surface area contributed by atoms with Crippen LogP contribution in [0.2, 0.25) is 10.0 Å². The lowest BCUT2D eigenvalue weighted by Gasteiger charge is -2.33. The number of sulfonamides is 1. The number of carbonyl (C=O) groups is 1. The van der Waals surface area contributed by atoms with Crippen LogP contribution in [-0.4, -0.2) is 49.7 Å². The molecular weight excluding hydrogens is 463 g/mol. The third-order valence-electron chi connectivity index (χ3n) is 4.58. The van der Waals surface area contributed by atoms with Crippen molar-refractivity contribution >= 4 is 39.1 Å². The molecule has 1 aliphatic heterocycles. The molecule has 0 saturated carbocycles. The van der Waals surface area contributed by atoms with Crippen LogP contribution in [-0.2, 0) is 14.8 Å². The molecule has 2 aromatic rings. The van der Waals surface area contributed by atoms with Crippen LogP contribution < -0.4 is 4.74 Å². The number of amides is 1. The topological polar surface area (TPSA) is 114 Å². The van der Waals surface area contributed by atoms with Gasteiger partial charge in [-0.2, -0.15) is 14.8 Å². The average Bonchev–Trinajstić information content (AvgIpc) is 2.73. The Bertz CT molecular complexity index is 1180. The van der Waals surface area contributed by atoms with Crippen molar-refractivity contribution in [3.8, 4) is 23.6 Å². The summed E-state index contributed by atoms with van der Waals surface area (Å²) in [7, 11) is -4.04. The van der Waals surface area contributed by atoms with Crippen molar-refractivity contribution in [2.75, 3.05) is 26.2 Å². The third-order valence-corrected chi connectivity index (χ3v) is 6.93. The lowest BCUT2D eigenvalue weighted by Crippen LogP contribution is -2.50. The molecule has 1 saturated heterocycles. The minimum Gasteiger partial charge on any atom is -0.456 e. The van der Waals surface area contributed by atoms with Gasteiger partial charge < -0.3 is 9.64 Å². The fourth-order valence-electron chi connectivity index (χ4n) is 3.07. The van der Waals surface area contributed by atoms with E-state index in [0.29, 0.717) is 10.0 Å². The average molecular weight is 479 g/mol. The van der Waals surface area contributed by atoms with Crippen molar-refractivity contribution in [3.63, 3.8) is 0 Å². The molecule has 0 radical (unpaired) electrons. The zero-order valence-corrected chi connectivity index (χ0v) is 18.4. The van der Waals surface area contributed by atoms with Gasteiger partial charge in [-0.1, -0.05) is 23.2 Å². The number of hydrogen-bond donors (Lipinski definition) is 0. The number of carbonyl (C=O) groups excluding carboxylic acids is 1. The molecule has 0 unspecified atom stereocenters. The molecule has 1 aliphatic rings. The minimum absolute atomic E-state index is 0.0142. The van der Waals surface area contributed by atoms with Crippen LogP contribution in [0.1, 0.15) is 12.0 Å². The van der Waals surface area contributed by atoms with E-state index in [9.17, 15) is 18.5 Å². The molecule has 11 heteroatoms. The molecule has 3 rings (SSSR count). The Morgan fingerprint density at radius 3 is 2.26 bits per heavy atom. The van der Waals surface area contributed by atoms with Crippen LogP contribution in [0.15, 0.2) is 41.3 Å². The molecule has 0 atom stereocenters. The zero-order chi connectivity index (χ0) is 22.6. The van der Waals surface area contributed by atoms with Crippen molar-refractivity contribution in [2.45, 2.75) is 11.3 Å². The minimum atomic E-state index is -4.04. The van der Waals surface area contributed by atoms with E-state index in [4.69, 9.17) is 33.2 Å². The molecule has 0 aliphatic carbocycles. The molecule has 1 amide bonds. The highest BCUT2D eigenvalue weighted by Crippen LogP contribution is 2.34. The summed E-state index contributed by atoms with van der Waals surface area (Å²) in [5.41, 5.74) is 0.151. The second-order valence-electron chi connectivity index (χ2n) is 6.60. The van der Waals surface area contributed by atoms with Gasteiger partial charge >= 0.3 is 0 Å². The molecule has 0 N–H and O–H groups in total. The fourth-order valence-corrected chi connectivity index (χ4v) is 5.14. The van der Waals surface area contributed by atoms with Gasteiger partial charge in [-0.15, -0.1) is 0 Å². The van der Waals surface area contributed by atoms with Crippen molar-refractivity contribution in [1.29, 1.82) is 10.5 Å². The smallest absolute Gasteiger partial charge is 0.246 e. The number of halogens is 2. The molecule has 1 fully saturated rings. The first-order valence-corrected chi connectivity index (χ1v) is 11.3. The van der Waals surface area contributed by atoms with Crippen molar-refractivity contribution < 1.29 is 17.9 Å². The van der Waals surface area contributed by atoms with Crippen LogP contribution in [0.25, 0.3) is 0 Å². The van der Waals surface area contributed by atoms with E-state index >= 15 is 0 Å². The molecule has 0 aromatic heterocycles. The third kappa shape index (κ3) is 5.27. The van der Waals surface area contributed by atoms with Gasteiger partial charge in [0.15, 0.2) is 0 Å². The molecule has 8 nitrogen and oxygen atoms in total. The predicted octanol–water partition coefficient (Wildman–Crippen LogP) is 3.40. The number of nitriles is 2. The lowest BCUT2D eigenvalue weighted by molar-refractivity contribution is -0.131. The van der Waals surface area contributed by atoms with E-state index in [1.54, 1.807) is 6.07 Å². The standard InChI is InChI=1S/C20H16Cl2N4O4S/c21-15-10-16(22)12-17(11-15)30-18-2-1-14(13-24)9-19(18)31(28,29)26-7-5-25(6-8-26)20(27)3-4-23/h1-2,9-12H,3,5-8H2. The molecule has 2 aromatic carbocycles. The van der Waals surface area contributed by atoms with Gasteiger partial charge in [-0.05, 0) is 36.4 Å². The number of benzene rings is 2. The summed E-state index contributed by atoms with van der Waals surface area (Å²) in [6.07, 6.45) is -0.253. The summed E-state index contributed by atoms with van der Waals surface area (Å²) in [6, 6.07) is 12.3. The lowest BCUT2D eigenvalue weighted by atomic mass is 10.2. The maximum atomic E-state index is 13.3.